The lowest BCUT2D eigenvalue weighted by Crippen LogP contribution is -2.17. The van der Waals surface area contributed by atoms with Crippen LogP contribution < -0.4 is 5.32 Å². The third-order valence-corrected chi connectivity index (χ3v) is 9.83. The third-order valence-electron chi connectivity index (χ3n) is 9.83. The van der Waals surface area contributed by atoms with Gasteiger partial charge in [0.2, 0.25) is 0 Å². The van der Waals surface area contributed by atoms with Crippen molar-refractivity contribution in [3.05, 3.63) is 137 Å². The van der Waals surface area contributed by atoms with E-state index in [9.17, 15) is 19.3 Å². The first-order chi connectivity index (χ1) is 23.8. The summed E-state index contributed by atoms with van der Waals surface area (Å²) in [7, 11) is 0. The molecular weight excluding hydrogens is 610 g/mol. The number of rotatable bonds is 8. The van der Waals surface area contributed by atoms with Gasteiger partial charge in [-0.25, -0.2) is 13.8 Å². The molecule has 4 nitrogen and oxygen atoms in total. The summed E-state index contributed by atoms with van der Waals surface area (Å²) in [5.41, 5.74) is 14.7. The molecule has 0 fully saturated rings. The molecule has 1 N–H and O–H groups in total. The second kappa shape index (κ2) is 12.6. The Morgan fingerprint density at radius 2 is 1.67 bits per heavy atom. The number of halogens is 2. The maximum absolute atomic E-state index is 14.9. The zero-order valence-electron chi connectivity index (χ0n) is 27.4. The third kappa shape index (κ3) is 5.40. The van der Waals surface area contributed by atoms with Gasteiger partial charge in [0.1, 0.15) is 12.0 Å². The minimum Gasteiger partial charge on any atom is -0.312 e. The number of hydrogen-bond donors (Lipinski definition) is 1. The van der Waals surface area contributed by atoms with Gasteiger partial charge in [0.05, 0.1) is 23.5 Å². The van der Waals surface area contributed by atoms with Gasteiger partial charge in [-0.3, -0.25) is 0 Å². The first kappa shape index (κ1) is 31.7. The molecule has 0 aliphatic heterocycles. The minimum absolute atomic E-state index is 0.357. The van der Waals surface area contributed by atoms with Crippen molar-refractivity contribution >= 4 is 22.8 Å². The molecule has 3 aromatic carbocycles. The lowest BCUT2D eigenvalue weighted by Gasteiger charge is -2.21. The van der Waals surface area contributed by atoms with E-state index < -0.39 is 17.9 Å². The number of pyridine rings is 1. The molecule has 0 saturated carbocycles. The number of nitrogens with zero attached hydrogens (tertiary/aromatic N) is 3. The summed E-state index contributed by atoms with van der Waals surface area (Å²) in [4.78, 5) is 4.62. The monoisotopic (exact) mass is 644 g/mol. The van der Waals surface area contributed by atoms with Crippen LogP contribution in [0.15, 0.2) is 97.9 Å². The van der Waals surface area contributed by atoms with Gasteiger partial charge >= 0.3 is 0 Å². The van der Waals surface area contributed by atoms with Crippen LogP contribution >= 0.6 is 0 Å². The summed E-state index contributed by atoms with van der Waals surface area (Å²) in [6, 6.07) is 22.5. The molecule has 1 heterocycles. The second-order valence-electron chi connectivity index (χ2n) is 12.8. The Balaban J connectivity index is 1.35. The highest BCUT2D eigenvalue weighted by Gasteiger charge is 2.34. The normalized spacial score (nSPS) is 19.1. The Hall–Kier alpha value is -5.85. The maximum atomic E-state index is 14.9. The molecule has 3 unspecified atom stereocenters. The summed E-state index contributed by atoms with van der Waals surface area (Å²) in [5.74, 6) is -1.18. The largest absolute Gasteiger partial charge is 0.312 e. The summed E-state index contributed by atoms with van der Waals surface area (Å²) < 4.78 is 29.8. The highest BCUT2D eigenvalue weighted by molar-refractivity contribution is 6.04. The van der Waals surface area contributed by atoms with E-state index in [1.165, 1.54) is 12.2 Å². The number of fused-ring (bicyclic) bond motifs is 6. The van der Waals surface area contributed by atoms with Gasteiger partial charge in [0, 0.05) is 12.3 Å². The Labute approximate surface area is 285 Å². The molecule has 0 bridgehead atoms. The summed E-state index contributed by atoms with van der Waals surface area (Å²) >= 11 is 0. The van der Waals surface area contributed by atoms with E-state index in [1.54, 1.807) is 13.0 Å². The van der Waals surface area contributed by atoms with E-state index in [0.717, 1.165) is 83.7 Å². The van der Waals surface area contributed by atoms with E-state index in [0.29, 0.717) is 24.8 Å². The number of allylic oxidation sites excluding steroid dienone is 6. The number of nitriles is 2. The van der Waals surface area contributed by atoms with Crippen molar-refractivity contribution in [2.45, 2.75) is 45.3 Å². The average Bonchev–Trinajstić information content (AvgIpc) is 3.57. The van der Waals surface area contributed by atoms with Gasteiger partial charge in [-0.05, 0) is 152 Å². The molecular formula is C43H34F2N4. The average molecular weight is 645 g/mol. The van der Waals surface area contributed by atoms with Gasteiger partial charge in [0.15, 0.2) is 6.19 Å². The molecule has 3 aliphatic carbocycles. The molecule has 3 aliphatic rings. The number of hydrogen-bond acceptors (Lipinski definition) is 4. The Bertz CT molecular complexity index is 2260. The topological polar surface area (TPSA) is 72.5 Å². The van der Waals surface area contributed by atoms with Crippen molar-refractivity contribution in [3.63, 3.8) is 0 Å². The smallest absolute Gasteiger partial charge is 0.177 e. The standard InChI is InChI=1S/C43H34F2N4/c1-5-29-15-27(20-42(49-29)24(3)4)26-11-13-33-37-21-35-31(9-7-8-14-46)34-16-25(28-18-40(44)30(6-2)41(45)19-28)10-12-32(34)36(35)22-39(37)43(48-23-47)38(33)17-26/h5,9-13,15-22,30,40,43,48H,1,3,6-8H2,2,4H3/b31-9+. The SMILES string of the molecule is C=Cc1cc(-c2ccc3c(c2)C(NC#N)c2cc4c(cc2-3)/C(=C/CCC#N)c2cc(C3=CC(F)C(CC)C(F)=C3)ccc2-4)cc(C(=C)C)n1. The lowest BCUT2D eigenvalue weighted by atomic mass is 9.88. The first-order valence-electron chi connectivity index (χ1n) is 16.5. The molecule has 1 aromatic heterocycles. The van der Waals surface area contributed by atoms with E-state index in [4.69, 9.17) is 0 Å². The van der Waals surface area contributed by atoms with Crippen LogP contribution in [0.4, 0.5) is 8.78 Å². The molecule has 0 spiro atoms. The maximum Gasteiger partial charge on any atom is 0.177 e. The zero-order valence-corrected chi connectivity index (χ0v) is 27.4. The van der Waals surface area contributed by atoms with Crippen LogP contribution in [0.25, 0.3) is 56.2 Å². The highest BCUT2D eigenvalue weighted by Crippen LogP contribution is 2.53. The second-order valence-corrected chi connectivity index (χ2v) is 12.8. The lowest BCUT2D eigenvalue weighted by molar-refractivity contribution is 0.270. The number of unbranched alkanes of at least 4 members (excludes halogenated alkanes) is 1. The van der Waals surface area contributed by atoms with Crippen LogP contribution in [-0.4, -0.2) is 11.2 Å². The van der Waals surface area contributed by atoms with Crippen LogP contribution in [0.2, 0.25) is 0 Å². The number of alkyl halides is 1. The van der Waals surface area contributed by atoms with Crippen molar-refractivity contribution in [1.29, 1.82) is 10.5 Å². The number of nitrogens with one attached hydrogen (secondary N) is 1. The quantitative estimate of drug-likeness (QED) is 0.104. The zero-order chi connectivity index (χ0) is 34.4. The highest BCUT2D eigenvalue weighted by atomic mass is 19.1. The summed E-state index contributed by atoms with van der Waals surface area (Å²) in [6.45, 7) is 11.7. The van der Waals surface area contributed by atoms with Crippen molar-refractivity contribution in [2.24, 2.45) is 5.92 Å². The van der Waals surface area contributed by atoms with Gasteiger partial charge in [-0.15, -0.1) is 0 Å². The van der Waals surface area contributed by atoms with Gasteiger partial charge < -0.3 is 5.32 Å². The fourth-order valence-electron chi connectivity index (χ4n) is 7.36. The number of benzene rings is 3. The predicted octanol–water partition coefficient (Wildman–Crippen LogP) is 10.9. The molecule has 0 amide bonds. The summed E-state index contributed by atoms with van der Waals surface area (Å²) in [5, 5.41) is 22.2. The fourth-order valence-corrected chi connectivity index (χ4v) is 7.36. The van der Waals surface area contributed by atoms with Crippen LogP contribution in [0.1, 0.15) is 78.4 Å². The molecule has 6 heteroatoms. The first-order valence-corrected chi connectivity index (χ1v) is 16.5. The molecule has 7 rings (SSSR count). The van der Waals surface area contributed by atoms with Gasteiger partial charge in [-0.1, -0.05) is 50.4 Å². The molecule has 0 radical (unpaired) electrons. The van der Waals surface area contributed by atoms with Crippen LogP contribution in [-0.2, 0) is 0 Å². The van der Waals surface area contributed by atoms with E-state index >= 15 is 0 Å². The van der Waals surface area contributed by atoms with E-state index in [-0.39, 0.29) is 6.04 Å². The van der Waals surface area contributed by atoms with E-state index in [2.05, 4.69) is 72.1 Å². The minimum atomic E-state index is -1.38. The summed E-state index contributed by atoms with van der Waals surface area (Å²) in [6.07, 6.45) is 8.91. The Morgan fingerprint density at radius 3 is 2.39 bits per heavy atom. The molecule has 49 heavy (non-hydrogen) atoms. The van der Waals surface area contributed by atoms with Crippen LogP contribution in [0, 0.1) is 28.7 Å². The molecule has 3 atom stereocenters. The Morgan fingerprint density at radius 1 is 0.918 bits per heavy atom. The van der Waals surface area contributed by atoms with Crippen molar-refractivity contribution < 1.29 is 8.78 Å². The van der Waals surface area contributed by atoms with Crippen molar-refractivity contribution in [1.82, 2.24) is 10.3 Å². The fraction of sp³-hybridized carbons (Fsp3) is 0.186. The van der Waals surface area contributed by atoms with E-state index in [1.807, 2.05) is 37.3 Å². The van der Waals surface area contributed by atoms with Gasteiger partial charge in [0.25, 0.3) is 0 Å². The van der Waals surface area contributed by atoms with Gasteiger partial charge in [-0.2, -0.15) is 10.5 Å². The number of aromatic nitrogens is 1. The van der Waals surface area contributed by atoms with Crippen LogP contribution in [0.3, 0.4) is 0 Å². The van der Waals surface area contributed by atoms with Crippen molar-refractivity contribution in [2.75, 3.05) is 0 Å². The van der Waals surface area contributed by atoms with Crippen LogP contribution in [0.5, 0.6) is 0 Å². The molecule has 240 valence electrons. The Kier molecular flexibility index (Phi) is 8.18. The molecule has 4 aromatic rings. The van der Waals surface area contributed by atoms with Crippen molar-refractivity contribution in [3.8, 4) is 45.6 Å². The molecule has 0 saturated heterocycles. The predicted molar refractivity (Wildman–Crippen MR) is 194 cm³/mol.